The molecule has 0 radical (unpaired) electrons. The summed E-state index contributed by atoms with van der Waals surface area (Å²) >= 11 is 6.18. The van der Waals surface area contributed by atoms with Gasteiger partial charge in [0.2, 0.25) is 0 Å². The summed E-state index contributed by atoms with van der Waals surface area (Å²) in [6.45, 7) is 3.82. The van der Waals surface area contributed by atoms with Crippen LogP contribution < -0.4 is 5.73 Å². The third-order valence-corrected chi connectivity index (χ3v) is 3.35. The van der Waals surface area contributed by atoms with Crippen molar-refractivity contribution in [3.05, 3.63) is 40.2 Å². The molecule has 6 heteroatoms. The van der Waals surface area contributed by atoms with Crippen LogP contribution in [-0.2, 0) is 13.5 Å². The van der Waals surface area contributed by atoms with Crippen LogP contribution >= 0.6 is 11.6 Å². The number of rotatable bonds is 3. The van der Waals surface area contributed by atoms with E-state index in [4.69, 9.17) is 17.3 Å². The Morgan fingerprint density at radius 2 is 2.06 bits per heavy atom. The van der Waals surface area contributed by atoms with E-state index in [1.807, 2.05) is 20.9 Å². The number of halogens is 1. The lowest BCUT2D eigenvalue weighted by Crippen LogP contribution is -2.15. The third-order valence-electron chi connectivity index (χ3n) is 2.87. The van der Waals surface area contributed by atoms with E-state index in [1.54, 1.807) is 17.1 Å². The van der Waals surface area contributed by atoms with Gasteiger partial charge in [-0.2, -0.15) is 5.10 Å². The summed E-state index contributed by atoms with van der Waals surface area (Å²) in [6, 6.07) is -0.224. The SMILES string of the molecule is Cc1cnc(C(N)Cc2c(C)nn(C)c2Cl)cn1. The van der Waals surface area contributed by atoms with Gasteiger partial charge in [0, 0.05) is 18.8 Å². The molecular weight excluding hydrogens is 250 g/mol. The Bertz CT molecular complexity index is 546. The largest absolute Gasteiger partial charge is 0.322 e. The number of nitrogens with zero attached hydrogens (tertiary/aromatic N) is 4. The summed E-state index contributed by atoms with van der Waals surface area (Å²) < 4.78 is 1.65. The number of nitrogens with two attached hydrogens (primary N) is 1. The first-order valence-corrected chi connectivity index (χ1v) is 6.09. The van der Waals surface area contributed by atoms with Crippen molar-refractivity contribution in [2.75, 3.05) is 0 Å². The van der Waals surface area contributed by atoms with Crippen LogP contribution in [0.1, 0.15) is 28.7 Å². The van der Waals surface area contributed by atoms with E-state index in [0.29, 0.717) is 11.6 Å². The average Bonchev–Trinajstić information content (AvgIpc) is 2.57. The van der Waals surface area contributed by atoms with Crippen molar-refractivity contribution in [3.8, 4) is 0 Å². The molecule has 2 N–H and O–H groups in total. The molecule has 2 aromatic heterocycles. The summed E-state index contributed by atoms with van der Waals surface area (Å²) in [5, 5.41) is 4.89. The van der Waals surface area contributed by atoms with E-state index in [2.05, 4.69) is 15.1 Å². The van der Waals surface area contributed by atoms with E-state index < -0.39 is 0 Å². The fourth-order valence-corrected chi connectivity index (χ4v) is 2.08. The highest BCUT2D eigenvalue weighted by Gasteiger charge is 2.16. The van der Waals surface area contributed by atoms with E-state index in [0.717, 1.165) is 22.6 Å². The van der Waals surface area contributed by atoms with Crippen LogP contribution in [0.5, 0.6) is 0 Å². The second-order valence-corrected chi connectivity index (χ2v) is 4.73. The molecule has 0 saturated carbocycles. The van der Waals surface area contributed by atoms with Crippen molar-refractivity contribution < 1.29 is 0 Å². The maximum atomic E-state index is 6.18. The molecule has 2 heterocycles. The van der Waals surface area contributed by atoms with Gasteiger partial charge in [0.05, 0.1) is 29.3 Å². The maximum absolute atomic E-state index is 6.18. The van der Waals surface area contributed by atoms with E-state index in [-0.39, 0.29) is 6.04 Å². The molecule has 0 aromatic carbocycles. The molecule has 0 spiro atoms. The second kappa shape index (κ2) is 5.04. The van der Waals surface area contributed by atoms with Gasteiger partial charge in [0.15, 0.2) is 0 Å². The van der Waals surface area contributed by atoms with E-state index in [1.165, 1.54) is 0 Å². The Balaban J connectivity index is 2.21. The molecule has 2 aromatic rings. The third kappa shape index (κ3) is 2.52. The van der Waals surface area contributed by atoms with Crippen LogP contribution in [0.15, 0.2) is 12.4 Å². The molecule has 96 valence electrons. The van der Waals surface area contributed by atoms with Gasteiger partial charge in [0.25, 0.3) is 0 Å². The lowest BCUT2D eigenvalue weighted by atomic mass is 10.1. The minimum absolute atomic E-state index is 0.224. The van der Waals surface area contributed by atoms with Crippen molar-refractivity contribution >= 4 is 11.6 Å². The molecule has 18 heavy (non-hydrogen) atoms. The highest BCUT2D eigenvalue weighted by molar-refractivity contribution is 6.30. The molecule has 1 unspecified atom stereocenters. The summed E-state index contributed by atoms with van der Waals surface area (Å²) in [6.07, 6.45) is 4.03. The van der Waals surface area contributed by atoms with E-state index in [9.17, 15) is 0 Å². The summed E-state index contributed by atoms with van der Waals surface area (Å²) in [5.74, 6) is 0. The topological polar surface area (TPSA) is 69.6 Å². The van der Waals surface area contributed by atoms with Gasteiger partial charge in [0.1, 0.15) is 5.15 Å². The van der Waals surface area contributed by atoms with Gasteiger partial charge in [-0.25, -0.2) is 0 Å². The summed E-state index contributed by atoms with van der Waals surface area (Å²) in [4.78, 5) is 8.48. The zero-order chi connectivity index (χ0) is 13.3. The molecule has 0 aliphatic heterocycles. The molecule has 0 saturated heterocycles. The lowest BCUT2D eigenvalue weighted by Gasteiger charge is -2.10. The molecule has 2 rings (SSSR count). The quantitative estimate of drug-likeness (QED) is 0.917. The zero-order valence-electron chi connectivity index (χ0n) is 10.7. The van der Waals surface area contributed by atoms with Crippen LogP contribution in [0.25, 0.3) is 0 Å². The Morgan fingerprint density at radius 3 is 2.56 bits per heavy atom. The zero-order valence-corrected chi connectivity index (χ0v) is 11.4. The first kappa shape index (κ1) is 13.0. The van der Waals surface area contributed by atoms with Gasteiger partial charge >= 0.3 is 0 Å². The number of hydrogen-bond acceptors (Lipinski definition) is 4. The smallest absolute Gasteiger partial charge is 0.130 e. The van der Waals surface area contributed by atoms with Gasteiger partial charge in [-0.15, -0.1) is 0 Å². The minimum atomic E-state index is -0.224. The van der Waals surface area contributed by atoms with Crippen LogP contribution in [0.4, 0.5) is 0 Å². The predicted molar refractivity (Wildman–Crippen MR) is 70.4 cm³/mol. The van der Waals surface area contributed by atoms with Crippen molar-refractivity contribution in [2.24, 2.45) is 12.8 Å². The molecule has 1 atom stereocenters. The molecule has 0 fully saturated rings. The van der Waals surface area contributed by atoms with Crippen LogP contribution in [0.3, 0.4) is 0 Å². The highest BCUT2D eigenvalue weighted by atomic mass is 35.5. The number of hydrogen-bond donors (Lipinski definition) is 1. The lowest BCUT2D eigenvalue weighted by molar-refractivity contribution is 0.687. The highest BCUT2D eigenvalue weighted by Crippen LogP contribution is 2.23. The fourth-order valence-electron chi connectivity index (χ4n) is 1.82. The molecular formula is C12H16ClN5. The fraction of sp³-hybridized carbons (Fsp3) is 0.417. The minimum Gasteiger partial charge on any atom is -0.322 e. The first-order valence-electron chi connectivity index (χ1n) is 5.71. The van der Waals surface area contributed by atoms with Gasteiger partial charge in [-0.05, 0) is 20.3 Å². The van der Waals surface area contributed by atoms with Crippen molar-refractivity contribution in [3.63, 3.8) is 0 Å². The van der Waals surface area contributed by atoms with Gasteiger partial charge in [-0.3, -0.25) is 14.6 Å². The van der Waals surface area contributed by atoms with Gasteiger partial charge < -0.3 is 5.73 Å². The Hall–Kier alpha value is -1.46. The Kier molecular flexibility index (Phi) is 3.63. The molecule has 0 aliphatic carbocycles. The average molecular weight is 266 g/mol. The summed E-state index contributed by atoms with van der Waals surface area (Å²) in [7, 11) is 1.82. The van der Waals surface area contributed by atoms with Crippen molar-refractivity contribution in [1.82, 2.24) is 19.7 Å². The Labute approximate surface area is 111 Å². The van der Waals surface area contributed by atoms with Crippen LogP contribution in [0.2, 0.25) is 5.15 Å². The normalized spacial score (nSPS) is 12.7. The number of aromatic nitrogens is 4. The van der Waals surface area contributed by atoms with Crippen molar-refractivity contribution in [1.29, 1.82) is 0 Å². The molecule has 5 nitrogen and oxygen atoms in total. The number of aryl methyl sites for hydroxylation is 3. The first-order chi connectivity index (χ1) is 8.49. The molecule has 0 amide bonds. The Morgan fingerprint density at radius 1 is 1.33 bits per heavy atom. The second-order valence-electron chi connectivity index (χ2n) is 4.37. The predicted octanol–water partition coefficient (Wildman–Crippen LogP) is 1.72. The maximum Gasteiger partial charge on any atom is 0.130 e. The standard InChI is InChI=1S/C12H16ClN5/c1-7-5-16-11(6-15-7)10(14)4-9-8(2)17-18(3)12(9)13/h5-6,10H,4,14H2,1-3H3. The van der Waals surface area contributed by atoms with Crippen molar-refractivity contribution in [2.45, 2.75) is 26.3 Å². The molecule has 0 aliphatic rings. The monoisotopic (exact) mass is 265 g/mol. The van der Waals surface area contributed by atoms with E-state index >= 15 is 0 Å². The van der Waals surface area contributed by atoms with Crippen LogP contribution in [0, 0.1) is 13.8 Å². The molecule has 0 bridgehead atoms. The summed E-state index contributed by atoms with van der Waals surface area (Å²) in [5.41, 5.74) is 9.63. The van der Waals surface area contributed by atoms with Crippen LogP contribution in [-0.4, -0.2) is 19.7 Å². The van der Waals surface area contributed by atoms with Gasteiger partial charge in [-0.1, -0.05) is 11.6 Å².